The van der Waals surface area contributed by atoms with Gasteiger partial charge < -0.3 is 5.32 Å². The van der Waals surface area contributed by atoms with Gasteiger partial charge in [-0.3, -0.25) is 9.88 Å². The molecule has 24 heavy (non-hydrogen) atoms. The quantitative estimate of drug-likeness (QED) is 0.670. The average molecular weight is 472 g/mol. The number of piperazine rings is 1. The zero-order chi connectivity index (χ0) is 16.7. The molecule has 3 nitrogen and oxygen atoms in total. The first-order chi connectivity index (χ1) is 11.6. The van der Waals surface area contributed by atoms with Gasteiger partial charge in [-0.05, 0) is 73.5 Å². The van der Waals surface area contributed by atoms with Crippen LogP contribution in [0.1, 0.15) is 28.4 Å². The first-order valence-electron chi connectivity index (χ1n) is 8.21. The van der Waals surface area contributed by atoms with Crippen LogP contribution in [-0.4, -0.2) is 36.1 Å². The lowest BCUT2D eigenvalue weighted by molar-refractivity contribution is 0.195. The van der Waals surface area contributed by atoms with Crippen molar-refractivity contribution in [1.82, 2.24) is 15.2 Å². The smallest absolute Gasteiger partial charge is 0.0783 e. The summed E-state index contributed by atoms with van der Waals surface area (Å²) in [6.45, 7) is 4.10. The summed E-state index contributed by atoms with van der Waals surface area (Å²) in [4.78, 5) is 7.37. The predicted octanol–water partition coefficient (Wildman–Crippen LogP) is 4.35. The van der Waals surface area contributed by atoms with Crippen LogP contribution in [0, 0.1) is 0 Å². The second-order valence-corrected chi connectivity index (χ2v) is 8.43. The Morgan fingerprint density at radius 3 is 2.75 bits per heavy atom. The lowest BCUT2D eigenvalue weighted by Crippen LogP contribution is -2.45. The molecule has 1 aromatic heterocycles. The summed E-state index contributed by atoms with van der Waals surface area (Å²) in [6.07, 6.45) is 3.88. The number of pyridine rings is 1. The monoisotopic (exact) mass is 469 g/mol. The molecule has 1 aliphatic carbocycles. The highest BCUT2D eigenvalue weighted by Crippen LogP contribution is 2.41. The summed E-state index contributed by atoms with van der Waals surface area (Å²) in [5.41, 5.74) is 5.17. The molecular weight excluding hydrogens is 453 g/mol. The molecule has 4 rings (SSSR count). The highest BCUT2D eigenvalue weighted by atomic mass is 79.9. The van der Waals surface area contributed by atoms with Gasteiger partial charge >= 0.3 is 0 Å². The second-order valence-electron chi connectivity index (χ2n) is 6.32. The van der Waals surface area contributed by atoms with Crippen LogP contribution in [0.5, 0.6) is 0 Å². The van der Waals surface area contributed by atoms with E-state index < -0.39 is 0 Å². The van der Waals surface area contributed by atoms with Crippen LogP contribution >= 0.6 is 43.5 Å². The van der Waals surface area contributed by atoms with E-state index >= 15 is 0 Å². The molecule has 6 heteroatoms. The maximum absolute atomic E-state index is 6.38. The number of aromatic nitrogens is 1. The highest BCUT2D eigenvalue weighted by Gasteiger charge is 2.32. The molecule has 2 aliphatic rings. The fourth-order valence-corrected chi connectivity index (χ4v) is 4.89. The fraction of sp³-hybridized carbons (Fsp3) is 0.389. The molecule has 1 aliphatic heterocycles. The van der Waals surface area contributed by atoms with E-state index in [-0.39, 0.29) is 6.04 Å². The third-order valence-corrected chi connectivity index (χ3v) is 6.80. The average Bonchev–Trinajstić information content (AvgIpc) is 2.76. The van der Waals surface area contributed by atoms with Crippen LogP contribution < -0.4 is 5.32 Å². The minimum atomic E-state index is 0.196. The van der Waals surface area contributed by atoms with Gasteiger partial charge in [-0.25, -0.2) is 0 Å². The molecular formula is C18H18Br2ClN3. The minimum Gasteiger partial charge on any atom is -0.314 e. The molecule has 0 bridgehead atoms. The van der Waals surface area contributed by atoms with Gasteiger partial charge in [0.05, 0.1) is 16.8 Å². The van der Waals surface area contributed by atoms with Gasteiger partial charge in [-0.1, -0.05) is 17.7 Å². The summed E-state index contributed by atoms with van der Waals surface area (Å²) in [6, 6.07) is 6.61. The second kappa shape index (κ2) is 7.04. The Morgan fingerprint density at radius 2 is 1.96 bits per heavy atom. The van der Waals surface area contributed by atoms with E-state index in [0.717, 1.165) is 53.0 Å². The maximum atomic E-state index is 6.38. The summed E-state index contributed by atoms with van der Waals surface area (Å²) in [5, 5.41) is 4.23. The Kier molecular flexibility index (Phi) is 4.98. The van der Waals surface area contributed by atoms with Crippen molar-refractivity contribution in [1.29, 1.82) is 0 Å². The molecule has 0 amide bonds. The Hall–Kier alpha value is -0.460. The van der Waals surface area contributed by atoms with Crippen LogP contribution in [0.25, 0.3) is 0 Å². The van der Waals surface area contributed by atoms with E-state index in [0.29, 0.717) is 0 Å². The first-order valence-corrected chi connectivity index (χ1v) is 10.2. The maximum Gasteiger partial charge on any atom is 0.0783 e. The van der Waals surface area contributed by atoms with Crippen molar-refractivity contribution in [3.63, 3.8) is 0 Å². The van der Waals surface area contributed by atoms with Crippen molar-refractivity contribution >= 4 is 43.5 Å². The lowest BCUT2D eigenvalue weighted by atomic mass is 9.96. The van der Waals surface area contributed by atoms with Gasteiger partial charge in [0, 0.05) is 41.3 Å². The van der Waals surface area contributed by atoms with Crippen LogP contribution in [0.2, 0.25) is 5.02 Å². The number of nitrogens with one attached hydrogen (secondary N) is 1. The molecule has 0 radical (unpaired) electrons. The normalized spacial score (nSPS) is 21.0. The topological polar surface area (TPSA) is 28.2 Å². The van der Waals surface area contributed by atoms with E-state index in [2.05, 4.69) is 54.2 Å². The van der Waals surface area contributed by atoms with E-state index in [1.54, 1.807) is 0 Å². The number of hydrogen-bond donors (Lipinski definition) is 1. The molecule has 126 valence electrons. The van der Waals surface area contributed by atoms with Crippen molar-refractivity contribution in [3.05, 3.63) is 60.7 Å². The van der Waals surface area contributed by atoms with Crippen molar-refractivity contribution < 1.29 is 0 Å². The number of hydrogen-bond acceptors (Lipinski definition) is 3. The molecule has 1 fully saturated rings. The SMILES string of the molecule is Clc1ccc2c(c1Br)CCc1cc(Br)cnc1C2N1CCNCC1. The van der Waals surface area contributed by atoms with E-state index in [1.807, 2.05) is 12.3 Å². The van der Waals surface area contributed by atoms with Gasteiger partial charge in [0.2, 0.25) is 0 Å². The van der Waals surface area contributed by atoms with E-state index in [4.69, 9.17) is 16.6 Å². The van der Waals surface area contributed by atoms with Crippen molar-refractivity contribution in [2.24, 2.45) is 0 Å². The molecule has 2 aromatic rings. The lowest BCUT2D eigenvalue weighted by Gasteiger charge is -2.36. The van der Waals surface area contributed by atoms with Gasteiger partial charge in [-0.15, -0.1) is 0 Å². The molecule has 0 spiro atoms. The summed E-state index contributed by atoms with van der Waals surface area (Å²) in [5.74, 6) is 0. The zero-order valence-corrected chi connectivity index (χ0v) is 17.1. The van der Waals surface area contributed by atoms with Crippen LogP contribution in [0.15, 0.2) is 33.3 Å². The number of nitrogens with zero attached hydrogens (tertiary/aromatic N) is 2. The van der Waals surface area contributed by atoms with Gasteiger partial charge in [0.15, 0.2) is 0 Å². The number of fused-ring (bicyclic) bond motifs is 2. The first kappa shape index (κ1) is 17.0. The van der Waals surface area contributed by atoms with Crippen LogP contribution in [0.3, 0.4) is 0 Å². The van der Waals surface area contributed by atoms with Crippen molar-refractivity contribution in [3.8, 4) is 0 Å². The highest BCUT2D eigenvalue weighted by molar-refractivity contribution is 9.10. The Balaban J connectivity index is 1.90. The summed E-state index contributed by atoms with van der Waals surface area (Å²) >= 11 is 13.7. The standard InChI is InChI=1S/C18H18Br2ClN3/c19-12-9-11-1-2-13-14(3-4-15(21)16(13)20)18(17(11)23-10-12)24-7-5-22-6-8-24/h3-4,9-10,18,22H,1-2,5-8H2. The molecule has 0 saturated carbocycles. The Morgan fingerprint density at radius 1 is 1.17 bits per heavy atom. The predicted molar refractivity (Wildman–Crippen MR) is 105 cm³/mol. The molecule has 1 atom stereocenters. The summed E-state index contributed by atoms with van der Waals surface area (Å²) < 4.78 is 2.08. The van der Waals surface area contributed by atoms with Crippen LogP contribution in [0.4, 0.5) is 0 Å². The number of rotatable bonds is 1. The molecule has 1 aromatic carbocycles. The Labute approximate surface area is 164 Å². The molecule has 1 saturated heterocycles. The van der Waals surface area contributed by atoms with E-state index in [9.17, 15) is 0 Å². The summed E-state index contributed by atoms with van der Waals surface area (Å²) in [7, 11) is 0. The molecule has 1 N–H and O–H groups in total. The number of benzene rings is 1. The molecule has 2 heterocycles. The zero-order valence-electron chi connectivity index (χ0n) is 13.2. The van der Waals surface area contributed by atoms with Gasteiger partial charge in [0.1, 0.15) is 0 Å². The third-order valence-electron chi connectivity index (χ3n) is 4.92. The largest absolute Gasteiger partial charge is 0.314 e. The minimum absolute atomic E-state index is 0.196. The van der Waals surface area contributed by atoms with Crippen LogP contribution in [-0.2, 0) is 12.8 Å². The Bertz CT molecular complexity index is 775. The van der Waals surface area contributed by atoms with Gasteiger partial charge in [-0.2, -0.15) is 0 Å². The van der Waals surface area contributed by atoms with Crippen molar-refractivity contribution in [2.45, 2.75) is 18.9 Å². The number of aryl methyl sites for hydroxylation is 1. The fourth-order valence-electron chi connectivity index (χ4n) is 3.77. The molecule has 1 unspecified atom stereocenters. The number of halogens is 3. The van der Waals surface area contributed by atoms with E-state index in [1.165, 1.54) is 22.4 Å². The van der Waals surface area contributed by atoms with Gasteiger partial charge in [0.25, 0.3) is 0 Å². The van der Waals surface area contributed by atoms with Crippen molar-refractivity contribution in [2.75, 3.05) is 26.2 Å². The third kappa shape index (κ3) is 3.06.